The third kappa shape index (κ3) is 3.15. The lowest BCUT2D eigenvalue weighted by molar-refractivity contribution is 0.0809. The van der Waals surface area contributed by atoms with Crippen molar-refractivity contribution >= 4 is 10.0 Å². The molecule has 3 rings (SSSR count). The van der Waals surface area contributed by atoms with E-state index in [0.717, 1.165) is 5.56 Å². The first-order valence-electron chi connectivity index (χ1n) is 7.44. The first-order valence-corrected chi connectivity index (χ1v) is 8.88. The van der Waals surface area contributed by atoms with Gasteiger partial charge in [-0.15, -0.1) is 0 Å². The molecule has 23 heavy (non-hydrogen) atoms. The van der Waals surface area contributed by atoms with E-state index in [1.165, 1.54) is 16.8 Å². The van der Waals surface area contributed by atoms with Crippen LogP contribution in [0, 0.1) is 0 Å². The normalized spacial score (nSPS) is 22.5. The lowest BCUT2D eigenvalue weighted by atomic mass is 10.0. The number of ether oxygens (including phenoxy) is 1. The Hall–Kier alpha value is -1.77. The fourth-order valence-electron chi connectivity index (χ4n) is 3.01. The van der Waals surface area contributed by atoms with Gasteiger partial charge in [-0.25, -0.2) is 13.4 Å². The molecule has 8 heteroatoms. The van der Waals surface area contributed by atoms with Crippen LogP contribution in [0.1, 0.15) is 12.0 Å². The Morgan fingerprint density at radius 1 is 1.35 bits per heavy atom. The molecule has 7 nitrogen and oxygen atoms in total. The van der Waals surface area contributed by atoms with Crippen LogP contribution in [0.15, 0.2) is 42.1 Å². The maximum Gasteiger partial charge on any atom is 0.262 e. The highest BCUT2D eigenvalue weighted by atomic mass is 32.2. The van der Waals surface area contributed by atoms with E-state index in [1.807, 2.05) is 12.1 Å². The number of imidazole rings is 1. The molecule has 2 aromatic rings. The predicted molar refractivity (Wildman–Crippen MR) is 84.2 cm³/mol. The zero-order valence-electron chi connectivity index (χ0n) is 13.2. The van der Waals surface area contributed by atoms with E-state index in [1.54, 1.807) is 31.1 Å². The first-order chi connectivity index (χ1) is 11.0. The molecule has 2 atom stereocenters. The third-order valence-corrected chi connectivity index (χ3v) is 5.99. The molecule has 1 saturated heterocycles. The minimum atomic E-state index is -3.62. The lowest BCUT2D eigenvalue weighted by Crippen LogP contribution is -2.41. The van der Waals surface area contributed by atoms with Crippen molar-refractivity contribution in [1.82, 2.24) is 18.8 Å². The summed E-state index contributed by atoms with van der Waals surface area (Å²) in [4.78, 5) is 8.01. The van der Waals surface area contributed by atoms with Gasteiger partial charge in [0.15, 0.2) is 5.03 Å². The highest BCUT2D eigenvalue weighted by Gasteiger charge is 2.42. The zero-order chi connectivity index (χ0) is 16.4. The summed E-state index contributed by atoms with van der Waals surface area (Å²) < 4.78 is 34.5. The number of rotatable bonds is 5. The van der Waals surface area contributed by atoms with Gasteiger partial charge in [-0.3, -0.25) is 4.98 Å². The Kier molecular flexibility index (Phi) is 4.47. The van der Waals surface area contributed by atoms with E-state index >= 15 is 0 Å². The average molecular weight is 336 g/mol. The molecule has 0 amide bonds. The molecule has 2 aromatic heterocycles. The van der Waals surface area contributed by atoms with Crippen LogP contribution in [-0.4, -0.2) is 53.1 Å². The maximum atomic E-state index is 12.9. The van der Waals surface area contributed by atoms with Crippen molar-refractivity contribution in [2.75, 3.05) is 13.7 Å². The number of hydrogen-bond acceptors (Lipinski definition) is 5. The molecule has 1 fully saturated rings. The Labute approximate surface area is 136 Å². The fourth-order valence-corrected chi connectivity index (χ4v) is 4.64. The number of nitrogens with zero attached hydrogens (tertiary/aromatic N) is 4. The molecule has 0 spiro atoms. The van der Waals surface area contributed by atoms with Crippen LogP contribution in [0.2, 0.25) is 0 Å². The quantitative estimate of drug-likeness (QED) is 0.808. The monoisotopic (exact) mass is 336 g/mol. The molecule has 0 N–H and O–H groups in total. The molecular formula is C15H20N4O3S. The second-order valence-electron chi connectivity index (χ2n) is 5.68. The van der Waals surface area contributed by atoms with Gasteiger partial charge < -0.3 is 9.30 Å². The highest BCUT2D eigenvalue weighted by molar-refractivity contribution is 7.89. The van der Waals surface area contributed by atoms with E-state index in [2.05, 4.69) is 9.97 Å². The summed E-state index contributed by atoms with van der Waals surface area (Å²) in [5, 5.41) is 0.0801. The number of aromatic nitrogens is 3. The molecule has 0 aromatic carbocycles. The van der Waals surface area contributed by atoms with Gasteiger partial charge >= 0.3 is 0 Å². The number of pyridine rings is 1. The van der Waals surface area contributed by atoms with Crippen molar-refractivity contribution in [2.45, 2.75) is 30.0 Å². The van der Waals surface area contributed by atoms with Gasteiger partial charge in [0.05, 0.1) is 18.5 Å². The second-order valence-corrected chi connectivity index (χ2v) is 7.52. The van der Waals surface area contributed by atoms with Gasteiger partial charge in [0, 0.05) is 39.3 Å². The summed E-state index contributed by atoms with van der Waals surface area (Å²) >= 11 is 0. The number of methoxy groups -OCH3 is 1. The summed E-state index contributed by atoms with van der Waals surface area (Å²) in [5.74, 6) is 0. The van der Waals surface area contributed by atoms with Crippen molar-refractivity contribution in [3.63, 3.8) is 0 Å². The van der Waals surface area contributed by atoms with Crippen molar-refractivity contribution in [3.05, 3.63) is 42.6 Å². The van der Waals surface area contributed by atoms with E-state index in [4.69, 9.17) is 4.74 Å². The lowest BCUT2D eigenvalue weighted by Gasteiger charge is -2.26. The van der Waals surface area contributed by atoms with Crippen LogP contribution in [0.3, 0.4) is 0 Å². The number of aryl methyl sites for hydroxylation is 1. The zero-order valence-corrected chi connectivity index (χ0v) is 14.0. The largest absolute Gasteiger partial charge is 0.380 e. The Morgan fingerprint density at radius 3 is 2.70 bits per heavy atom. The minimum Gasteiger partial charge on any atom is -0.380 e. The Morgan fingerprint density at radius 2 is 2.09 bits per heavy atom. The predicted octanol–water partition coefficient (Wildman–Crippen LogP) is 0.836. The molecule has 3 heterocycles. The van der Waals surface area contributed by atoms with Crippen LogP contribution < -0.4 is 0 Å². The van der Waals surface area contributed by atoms with Crippen LogP contribution in [-0.2, 0) is 28.2 Å². The smallest absolute Gasteiger partial charge is 0.262 e. The van der Waals surface area contributed by atoms with Gasteiger partial charge in [-0.2, -0.15) is 4.31 Å². The first kappa shape index (κ1) is 16.1. The van der Waals surface area contributed by atoms with E-state index in [9.17, 15) is 8.42 Å². The summed E-state index contributed by atoms with van der Waals surface area (Å²) in [6.45, 7) is 0.438. The molecule has 0 unspecified atom stereocenters. The summed E-state index contributed by atoms with van der Waals surface area (Å²) in [7, 11) is -0.246. The molecular weight excluding hydrogens is 316 g/mol. The standard InChI is InChI=1S/C15H20N4O3S/c1-18-10-15(17-11-18)23(20,21)19-8-5-14(22-2)13(19)9-12-3-6-16-7-4-12/h3-4,6-7,10-11,13-14H,5,8-9H2,1-2H3/t13-,14-/m0/s1. The van der Waals surface area contributed by atoms with Crippen molar-refractivity contribution in [2.24, 2.45) is 7.05 Å². The van der Waals surface area contributed by atoms with Crippen LogP contribution in [0.5, 0.6) is 0 Å². The molecule has 1 aliphatic heterocycles. The third-order valence-electron chi connectivity index (χ3n) is 4.18. The highest BCUT2D eigenvalue weighted by Crippen LogP contribution is 2.29. The molecule has 0 radical (unpaired) electrons. The van der Waals surface area contributed by atoms with Crippen molar-refractivity contribution in [3.8, 4) is 0 Å². The average Bonchev–Trinajstić information content (AvgIpc) is 3.15. The molecule has 1 aliphatic rings. The number of hydrogen-bond donors (Lipinski definition) is 0. The Bertz CT molecular complexity index is 760. The molecule has 0 saturated carbocycles. The van der Waals surface area contributed by atoms with Crippen molar-refractivity contribution in [1.29, 1.82) is 0 Å². The summed E-state index contributed by atoms with van der Waals surface area (Å²) in [5.41, 5.74) is 1.04. The van der Waals surface area contributed by atoms with E-state index < -0.39 is 10.0 Å². The van der Waals surface area contributed by atoms with E-state index in [-0.39, 0.29) is 17.2 Å². The minimum absolute atomic E-state index is 0.0801. The van der Waals surface area contributed by atoms with Gasteiger partial charge in [0.1, 0.15) is 0 Å². The SMILES string of the molecule is CO[C@H]1CCN(S(=O)(=O)c2cn(C)cn2)[C@H]1Cc1ccncc1. The molecule has 124 valence electrons. The number of sulfonamides is 1. The Balaban J connectivity index is 1.90. The van der Waals surface area contributed by atoms with Crippen molar-refractivity contribution < 1.29 is 13.2 Å². The van der Waals surface area contributed by atoms with E-state index in [0.29, 0.717) is 19.4 Å². The van der Waals surface area contributed by atoms with Crippen LogP contribution >= 0.6 is 0 Å². The second kappa shape index (κ2) is 6.38. The maximum absolute atomic E-state index is 12.9. The summed E-state index contributed by atoms with van der Waals surface area (Å²) in [6.07, 6.45) is 7.59. The van der Waals surface area contributed by atoms with Crippen LogP contribution in [0.25, 0.3) is 0 Å². The fraction of sp³-hybridized carbons (Fsp3) is 0.467. The van der Waals surface area contributed by atoms with Gasteiger partial charge in [-0.05, 0) is 30.5 Å². The summed E-state index contributed by atoms with van der Waals surface area (Å²) in [6, 6.07) is 3.56. The van der Waals surface area contributed by atoms with Gasteiger partial charge in [0.2, 0.25) is 0 Å². The molecule has 0 bridgehead atoms. The van der Waals surface area contributed by atoms with Gasteiger partial charge in [0.25, 0.3) is 10.0 Å². The molecule has 0 aliphatic carbocycles. The topological polar surface area (TPSA) is 77.3 Å². The van der Waals surface area contributed by atoms with Gasteiger partial charge in [-0.1, -0.05) is 0 Å². The van der Waals surface area contributed by atoms with Crippen LogP contribution in [0.4, 0.5) is 0 Å².